The molecule has 1 heterocycles. The molecule has 3 nitrogen and oxygen atoms in total. The molecular weight excluding hydrogens is 282 g/mol. The van der Waals surface area contributed by atoms with E-state index >= 15 is 0 Å². The monoisotopic (exact) mass is 301 g/mol. The van der Waals surface area contributed by atoms with Gasteiger partial charge in [0.15, 0.2) is 4.67 Å². The second-order valence-electron chi connectivity index (χ2n) is 4.59. The van der Waals surface area contributed by atoms with Crippen LogP contribution in [0.3, 0.4) is 0 Å². The molecule has 1 unspecified atom stereocenters. The van der Waals surface area contributed by atoms with Crippen LogP contribution in [0, 0.1) is 0 Å². The molecule has 1 aliphatic carbocycles. The van der Waals surface area contributed by atoms with Gasteiger partial charge in [-0.2, -0.15) is 0 Å². The lowest BCUT2D eigenvalue weighted by atomic mass is 10.2. The van der Waals surface area contributed by atoms with Gasteiger partial charge in [0.05, 0.1) is 18.8 Å². The van der Waals surface area contributed by atoms with Crippen LogP contribution >= 0.6 is 15.9 Å². The van der Waals surface area contributed by atoms with Gasteiger partial charge in [0.25, 0.3) is 0 Å². The van der Waals surface area contributed by atoms with Gasteiger partial charge in [-0.25, -0.2) is 0 Å². The number of furan rings is 1. The molecule has 0 amide bonds. The largest absolute Gasteiger partial charge is 0.453 e. The molecule has 1 aromatic rings. The lowest BCUT2D eigenvalue weighted by Crippen LogP contribution is -2.24. The SMILES string of the molecule is CC(NCCOC1CCCC1)c1ccc(Br)o1. The molecular formula is C13H20BrNO2. The van der Waals surface area contributed by atoms with Crippen molar-refractivity contribution in [2.45, 2.75) is 44.8 Å². The van der Waals surface area contributed by atoms with E-state index in [1.54, 1.807) is 0 Å². The van der Waals surface area contributed by atoms with Gasteiger partial charge in [-0.15, -0.1) is 0 Å². The van der Waals surface area contributed by atoms with Crippen LogP contribution in [-0.2, 0) is 4.74 Å². The van der Waals surface area contributed by atoms with Crippen molar-refractivity contribution in [2.24, 2.45) is 0 Å². The maximum absolute atomic E-state index is 5.79. The predicted octanol–water partition coefficient (Wildman–Crippen LogP) is 3.65. The van der Waals surface area contributed by atoms with E-state index in [1.807, 2.05) is 12.1 Å². The number of hydrogen-bond donors (Lipinski definition) is 1. The van der Waals surface area contributed by atoms with Crippen LogP contribution in [0.4, 0.5) is 0 Å². The molecule has 17 heavy (non-hydrogen) atoms. The van der Waals surface area contributed by atoms with Gasteiger partial charge >= 0.3 is 0 Å². The fourth-order valence-electron chi connectivity index (χ4n) is 2.22. The van der Waals surface area contributed by atoms with Gasteiger partial charge in [0, 0.05) is 6.54 Å². The van der Waals surface area contributed by atoms with E-state index in [0.717, 1.165) is 23.6 Å². The topological polar surface area (TPSA) is 34.4 Å². The molecule has 0 aromatic carbocycles. The molecule has 0 saturated heterocycles. The summed E-state index contributed by atoms with van der Waals surface area (Å²) in [4.78, 5) is 0. The van der Waals surface area contributed by atoms with E-state index in [4.69, 9.17) is 9.15 Å². The predicted molar refractivity (Wildman–Crippen MR) is 71.0 cm³/mol. The van der Waals surface area contributed by atoms with E-state index in [-0.39, 0.29) is 6.04 Å². The van der Waals surface area contributed by atoms with Crippen molar-refractivity contribution in [3.8, 4) is 0 Å². The normalized spacial score (nSPS) is 18.7. The summed E-state index contributed by atoms with van der Waals surface area (Å²) >= 11 is 3.31. The standard InChI is InChI=1S/C13H20BrNO2/c1-10(12-6-7-13(14)17-12)15-8-9-16-11-4-2-3-5-11/h6-7,10-11,15H,2-5,8-9H2,1H3. The highest BCUT2D eigenvalue weighted by atomic mass is 79.9. The van der Waals surface area contributed by atoms with E-state index in [1.165, 1.54) is 25.7 Å². The van der Waals surface area contributed by atoms with Crippen LogP contribution in [0.15, 0.2) is 21.2 Å². The molecule has 1 saturated carbocycles. The Balaban J connectivity index is 1.61. The molecule has 0 spiro atoms. The zero-order valence-electron chi connectivity index (χ0n) is 10.2. The summed E-state index contributed by atoms with van der Waals surface area (Å²) in [7, 11) is 0. The van der Waals surface area contributed by atoms with Crippen molar-refractivity contribution in [2.75, 3.05) is 13.2 Å². The zero-order valence-corrected chi connectivity index (χ0v) is 11.8. The fourth-order valence-corrected chi connectivity index (χ4v) is 2.54. The molecule has 0 radical (unpaired) electrons. The minimum atomic E-state index is 0.230. The van der Waals surface area contributed by atoms with E-state index < -0.39 is 0 Å². The Morgan fingerprint density at radius 1 is 1.47 bits per heavy atom. The van der Waals surface area contributed by atoms with Gasteiger partial charge in [0.2, 0.25) is 0 Å². The number of hydrogen-bond acceptors (Lipinski definition) is 3. The van der Waals surface area contributed by atoms with Crippen molar-refractivity contribution in [3.05, 3.63) is 22.6 Å². The summed E-state index contributed by atoms with van der Waals surface area (Å²) in [6, 6.07) is 4.13. The van der Waals surface area contributed by atoms with Crippen molar-refractivity contribution < 1.29 is 9.15 Å². The van der Waals surface area contributed by atoms with Crippen molar-refractivity contribution in [1.82, 2.24) is 5.32 Å². The third-order valence-corrected chi connectivity index (χ3v) is 3.66. The van der Waals surface area contributed by atoms with Crippen LogP contribution < -0.4 is 5.32 Å². The second-order valence-corrected chi connectivity index (χ2v) is 5.38. The highest BCUT2D eigenvalue weighted by Gasteiger charge is 2.15. The second kappa shape index (κ2) is 6.57. The van der Waals surface area contributed by atoms with E-state index in [9.17, 15) is 0 Å². The first-order chi connectivity index (χ1) is 8.25. The summed E-state index contributed by atoms with van der Waals surface area (Å²) in [5.41, 5.74) is 0. The van der Waals surface area contributed by atoms with Crippen LogP contribution in [-0.4, -0.2) is 19.3 Å². The lowest BCUT2D eigenvalue weighted by Gasteiger charge is -2.14. The van der Waals surface area contributed by atoms with Gasteiger partial charge in [-0.05, 0) is 47.8 Å². The Bertz CT molecular complexity index is 334. The average Bonchev–Trinajstić information content (AvgIpc) is 2.95. The molecule has 1 aromatic heterocycles. The minimum Gasteiger partial charge on any atom is -0.453 e. The van der Waals surface area contributed by atoms with E-state index in [0.29, 0.717) is 6.10 Å². The Labute approximate surface area is 111 Å². The van der Waals surface area contributed by atoms with Crippen molar-refractivity contribution in [1.29, 1.82) is 0 Å². The first-order valence-corrected chi connectivity index (χ1v) is 7.15. The first kappa shape index (κ1) is 13.1. The Hall–Kier alpha value is -0.320. The highest BCUT2D eigenvalue weighted by molar-refractivity contribution is 9.10. The smallest absolute Gasteiger partial charge is 0.169 e. The van der Waals surface area contributed by atoms with Gasteiger partial charge < -0.3 is 14.5 Å². The quantitative estimate of drug-likeness (QED) is 0.815. The minimum absolute atomic E-state index is 0.230. The third-order valence-electron chi connectivity index (χ3n) is 3.23. The van der Waals surface area contributed by atoms with Crippen molar-refractivity contribution in [3.63, 3.8) is 0 Å². The third kappa shape index (κ3) is 4.12. The fraction of sp³-hybridized carbons (Fsp3) is 0.692. The highest BCUT2D eigenvalue weighted by Crippen LogP contribution is 2.21. The Morgan fingerprint density at radius 3 is 2.88 bits per heavy atom. The summed E-state index contributed by atoms with van der Waals surface area (Å²) in [5.74, 6) is 0.956. The maximum atomic E-state index is 5.79. The maximum Gasteiger partial charge on any atom is 0.169 e. The number of ether oxygens (including phenoxy) is 1. The summed E-state index contributed by atoms with van der Waals surface area (Å²) in [6.07, 6.45) is 5.63. The summed E-state index contributed by atoms with van der Waals surface area (Å²) in [5, 5.41) is 3.40. The first-order valence-electron chi connectivity index (χ1n) is 6.36. The number of nitrogens with one attached hydrogen (secondary N) is 1. The number of rotatable bonds is 6. The lowest BCUT2D eigenvalue weighted by molar-refractivity contribution is 0.0590. The van der Waals surface area contributed by atoms with Crippen LogP contribution in [0.2, 0.25) is 0 Å². The molecule has 1 aliphatic rings. The van der Waals surface area contributed by atoms with Crippen LogP contribution in [0.1, 0.15) is 44.4 Å². The summed E-state index contributed by atoms with van der Waals surface area (Å²) < 4.78 is 12.1. The molecule has 1 fully saturated rings. The molecule has 96 valence electrons. The van der Waals surface area contributed by atoms with E-state index in [2.05, 4.69) is 28.2 Å². The molecule has 0 bridgehead atoms. The Morgan fingerprint density at radius 2 is 2.24 bits per heavy atom. The summed E-state index contributed by atoms with van der Waals surface area (Å²) in [6.45, 7) is 3.76. The van der Waals surface area contributed by atoms with Crippen LogP contribution in [0.25, 0.3) is 0 Å². The van der Waals surface area contributed by atoms with Gasteiger partial charge in [-0.1, -0.05) is 12.8 Å². The molecule has 2 rings (SSSR count). The van der Waals surface area contributed by atoms with Crippen molar-refractivity contribution >= 4 is 15.9 Å². The molecule has 1 atom stereocenters. The molecule has 0 aliphatic heterocycles. The number of halogens is 1. The molecule has 4 heteroatoms. The van der Waals surface area contributed by atoms with Gasteiger partial charge in [0.1, 0.15) is 5.76 Å². The zero-order chi connectivity index (χ0) is 12.1. The van der Waals surface area contributed by atoms with Gasteiger partial charge in [-0.3, -0.25) is 0 Å². The average molecular weight is 302 g/mol. The Kier molecular flexibility index (Phi) is 5.07. The molecule has 1 N–H and O–H groups in total. The van der Waals surface area contributed by atoms with Crippen LogP contribution in [0.5, 0.6) is 0 Å².